The van der Waals surface area contributed by atoms with Gasteiger partial charge in [-0.25, -0.2) is 4.98 Å². The molecule has 3 heterocycles. The Hall–Kier alpha value is -2.38. The predicted molar refractivity (Wildman–Crippen MR) is 99.7 cm³/mol. The minimum atomic E-state index is 0.697. The standard InChI is InChI=1S/C18H16N4OS2/c1-13-19-15(11-24-13)12-25-18-21-20-17(16-8-5-9-23-16)22(18)10-14-6-3-2-4-7-14/h2-9,11H,10,12H2,1H3. The second-order valence-corrected chi connectivity index (χ2v) is 7.51. The normalized spacial score (nSPS) is 11.1. The molecule has 126 valence electrons. The van der Waals surface area contributed by atoms with Gasteiger partial charge in [-0.2, -0.15) is 0 Å². The minimum absolute atomic E-state index is 0.697. The molecule has 0 fully saturated rings. The van der Waals surface area contributed by atoms with Crippen molar-refractivity contribution >= 4 is 23.1 Å². The predicted octanol–water partition coefficient (Wildman–Crippen LogP) is 4.64. The zero-order valence-corrected chi connectivity index (χ0v) is 15.3. The summed E-state index contributed by atoms with van der Waals surface area (Å²) >= 11 is 3.31. The summed E-state index contributed by atoms with van der Waals surface area (Å²) < 4.78 is 7.63. The lowest BCUT2D eigenvalue weighted by molar-refractivity contribution is 0.569. The van der Waals surface area contributed by atoms with Gasteiger partial charge < -0.3 is 4.42 Å². The third kappa shape index (κ3) is 3.67. The van der Waals surface area contributed by atoms with Crippen LogP contribution in [0.3, 0.4) is 0 Å². The maximum absolute atomic E-state index is 5.53. The van der Waals surface area contributed by atoms with Gasteiger partial charge >= 0.3 is 0 Å². The van der Waals surface area contributed by atoms with Crippen LogP contribution in [0.1, 0.15) is 16.3 Å². The smallest absolute Gasteiger partial charge is 0.200 e. The van der Waals surface area contributed by atoms with Crippen molar-refractivity contribution in [1.29, 1.82) is 0 Å². The molecule has 0 atom stereocenters. The quantitative estimate of drug-likeness (QED) is 0.464. The molecular weight excluding hydrogens is 352 g/mol. The van der Waals surface area contributed by atoms with Crippen molar-refractivity contribution in [3.8, 4) is 11.6 Å². The van der Waals surface area contributed by atoms with Crippen molar-refractivity contribution < 1.29 is 4.42 Å². The summed E-state index contributed by atoms with van der Waals surface area (Å²) in [6.07, 6.45) is 1.65. The highest BCUT2D eigenvalue weighted by Crippen LogP contribution is 2.27. The van der Waals surface area contributed by atoms with Crippen molar-refractivity contribution in [1.82, 2.24) is 19.7 Å². The van der Waals surface area contributed by atoms with Crippen LogP contribution in [0.2, 0.25) is 0 Å². The minimum Gasteiger partial charge on any atom is -0.461 e. The van der Waals surface area contributed by atoms with E-state index in [4.69, 9.17) is 4.42 Å². The Morgan fingerprint density at radius 2 is 2.00 bits per heavy atom. The fourth-order valence-electron chi connectivity index (χ4n) is 2.51. The molecule has 0 aliphatic carbocycles. The maximum Gasteiger partial charge on any atom is 0.200 e. The van der Waals surface area contributed by atoms with Gasteiger partial charge in [0.05, 0.1) is 23.5 Å². The van der Waals surface area contributed by atoms with Gasteiger partial charge in [0.15, 0.2) is 10.9 Å². The molecule has 4 aromatic rings. The number of rotatable bonds is 6. The number of aromatic nitrogens is 4. The molecule has 1 aromatic carbocycles. The molecule has 0 amide bonds. The van der Waals surface area contributed by atoms with Gasteiger partial charge in [0.2, 0.25) is 5.82 Å². The number of aryl methyl sites for hydroxylation is 1. The molecule has 0 N–H and O–H groups in total. The molecule has 25 heavy (non-hydrogen) atoms. The van der Waals surface area contributed by atoms with Crippen LogP contribution >= 0.6 is 23.1 Å². The zero-order chi connectivity index (χ0) is 17.1. The SMILES string of the molecule is Cc1nc(CSc2nnc(-c3ccco3)n2Cc2ccccc2)cs1. The number of hydrogen-bond acceptors (Lipinski definition) is 6. The second kappa shape index (κ2) is 7.25. The van der Waals surface area contributed by atoms with E-state index in [1.807, 2.05) is 37.3 Å². The first-order valence-corrected chi connectivity index (χ1v) is 9.71. The van der Waals surface area contributed by atoms with Crippen molar-refractivity contribution in [2.45, 2.75) is 24.4 Å². The van der Waals surface area contributed by atoms with Gasteiger partial charge in [-0.3, -0.25) is 4.57 Å². The van der Waals surface area contributed by atoms with E-state index < -0.39 is 0 Å². The van der Waals surface area contributed by atoms with E-state index in [2.05, 4.69) is 37.3 Å². The van der Waals surface area contributed by atoms with Crippen LogP contribution in [0.4, 0.5) is 0 Å². The summed E-state index contributed by atoms with van der Waals surface area (Å²) in [5, 5.41) is 12.8. The van der Waals surface area contributed by atoms with Gasteiger partial charge in [-0.15, -0.1) is 21.5 Å². The molecule has 0 radical (unpaired) electrons. The number of nitrogens with zero attached hydrogens (tertiary/aromatic N) is 4. The lowest BCUT2D eigenvalue weighted by Crippen LogP contribution is -2.04. The van der Waals surface area contributed by atoms with Gasteiger partial charge in [0.25, 0.3) is 0 Å². The van der Waals surface area contributed by atoms with Gasteiger partial charge in [0, 0.05) is 11.1 Å². The van der Waals surface area contributed by atoms with Crippen LogP contribution in [0.15, 0.2) is 63.7 Å². The Morgan fingerprint density at radius 1 is 1.12 bits per heavy atom. The van der Waals surface area contributed by atoms with E-state index in [1.54, 1.807) is 29.4 Å². The van der Waals surface area contributed by atoms with E-state index in [0.29, 0.717) is 6.54 Å². The van der Waals surface area contributed by atoms with Crippen molar-refractivity contribution in [3.05, 3.63) is 70.4 Å². The first kappa shape index (κ1) is 16.1. The zero-order valence-electron chi connectivity index (χ0n) is 13.6. The highest BCUT2D eigenvalue weighted by molar-refractivity contribution is 7.98. The average molecular weight is 368 g/mol. The fourth-order valence-corrected chi connectivity index (χ4v) is 4.05. The summed E-state index contributed by atoms with van der Waals surface area (Å²) in [4.78, 5) is 4.52. The Bertz CT molecular complexity index is 945. The van der Waals surface area contributed by atoms with Crippen LogP contribution in [0.25, 0.3) is 11.6 Å². The van der Waals surface area contributed by atoms with E-state index in [-0.39, 0.29) is 0 Å². The second-order valence-electron chi connectivity index (χ2n) is 5.50. The Labute approximate surface area is 153 Å². The molecule has 0 spiro atoms. The highest BCUT2D eigenvalue weighted by atomic mass is 32.2. The summed E-state index contributed by atoms with van der Waals surface area (Å²) in [7, 11) is 0. The summed E-state index contributed by atoms with van der Waals surface area (Å²) in [5.41, 5.74) is 2.27. The van der Waals surface area contributed by atoms with E-state index in [1.165, 1.54) is 5.56 Å². The van der Waals surface area contributed by atoms with Gasteiger partial charge in [-0.1, -0.05) is 42.1 Å². The Balaban J connectivity index is 1.63. The molecule has 5 nitrogen and oxygen atoms in total. The van der Waals surface area contributed by atoms with Crippen molar-refractivity contribution in [2.75, 3.05) is 0 Å². The molecule has 0 aliphatic heterocycles. The highest BCUT2D eigenvalue weighted by Gasteiger charge is 2.17. The largest absolute Gasteiger partial charge is 0.461 e. The third-order valence-electron chi connectivity index (χ3n) is 3.66. The lowest BCUT2D eigenvalue weighted by atomic mass is 10.2. The lowest BCUT2D eigenvalue weighted by Gasteiger charge is -2.09. The average Bonchev–Trinajstić information content (AvgIpc) is 3.35. The molecular formula is C18H16N4OS2. The first-order valence-electron chi connectivity index (χ1n) is 7.84. The molecule has 0 saturated carbocycles. The van der Waals surface area contributed by atoms with Crippen molar-refractivity contribution in [3.63, 3.8) is 0 Å². The first-order chi connectivity index (χ1) is 12.3. The monoisotopic (exact) mass is 368 g/mol. The van der Waals surface area contributed by atoms with E-state index >= 15 is 0 Å². The van der Waals surface area contributed by atoms with E-state index in [0.717, 1.165) is 33.2 Å². The summed E-state index contributed by atoms with van der Waals surface area (Å²) in [6.45, 7) is 2.72. The molecule has 3 aromatic heterocycles. The maximum atomic E-state index is 5.53. The van der Waals surface area contributed by atoms with Crippen LogP contribution in [-0.4, -0.2) is 19.7 Å². The molecule has 0 aliphatic rings. The van der Waals surface area contributed by atoms with Gasteiger partial charge in [0.1, 0.15) is 0 Å². The van der Waals surface area contributed by atoms with E-state index in [9.17, 15) is 0 Å². The Morgan fingerprint density at radius 3 is 2.72 bits per heavy atom. The number of furan rings is 1. The van der Waals surface area contributed by atoms with Crippen LogP contribution in [-0.2, 0) is 12.3 Å². The molecule has 0 saturated heterocycles. The third-order valence-corrected chi connectivity index (χ3v) is 5.48. The molecule has 7 heteroatoms. The van der Waals surface area contributed by atoms with Crippen molar-refractivity contribution in [2.24, 2.45) is 0 Å². The number of thioether (sulfide) groups is 1. The number of hydrogen-bond donors (Lipinski definition) is 0. The van der Waals surface area contributed by atoms with Crippen LogP contribution < -0.4 is 0 Å². The van der Waals surface area contributed by atoms with Gasteiger partial charge in [-0.05, 0) is 24.6 Å². The molecule has 0 unspecified atom stereocenters. The number of thiazole rings is 1. The Kier molecular flexibility index (Phi) is 4.67. The van der Waals surface area contributed by atoms with Crippen LogP contribution in [0, 0.1) is 6.92 Å². The molecule has 4 rings (SSSR count). The molecule has 0 bridgehead atoms. The fraction of sp³-hybridized carbons (Fsp3) is 0.167. The summed E-state index contributed by atoms with van der Waals surface area (Å²) in [6, 6.07) is 14.1. The van der Waals surface area contributed by atoms with Crippen LogP contribution in [0.5, 0.6) is 0 Å². The summed E-state index contributed by atoms with van der Waals surface area (Å²) in [5.74, 6) is 2.24. The number of benzene rings is 1. The topological polar surface area (TPSA) is 56.7 Å².